The number of nitrogens with zero attached hydrogens (tertiary/aromatic N) is 3. The second-order valence-corrected chi connectivity index (χ2v) is 4.13. The van der Waals surface area contributed by atoms with Gasteiger partial charge in [0.25, 0.3) is 0 Å². The van der Waals surface area contributed by atoms with Gasteiger partial charge in [-0.25, -0.2) is 0 Å². The smallest absolute Gasteiger partial charge is 0.356 e. The number of rotatable bonds is 6. The third-order valence-electron chi connectivity index (χ3n) is 2.35. The van der Waals surface area contributed by atoms with Crippen LogP contribution in [0.2, 0.25) is 0 Å². The van der Waals surface area contributed by atoms with Crippen molar-refractivity contribution in [3.63, 3.8) is 0 Å². The van der Waals surface area contributed by atoms with Crippen LogP contribution in [0, 0.1) is 6.92 Å². The molecule has 1 aromatic heterocycles. The number of halogens is 4. The summed E-state index contributed by atoms with van der Waals surface area (Å²) in [6.45, 7) is 2.08. The maximum absolute atomic E-state index is 12.0. The maximum atomic E-state index is 12.0. The molecule has 1 rings (SSSR count). The van der Waals surface area contributed by atoms with Crippen LogP contribution < -0.4 is 10.6 Å². The van der Waals surface area contributed by atoms with Gasteiger partial charge in [-0.15, -0.1) is 24.0 Å². The molecule has 1 aromatic rings. The first-order valence-corrected chi connectivity index (χ1v) is 6.21. The lowest BCUT2D eigenvalue weighted by Crippen LogP contribution is -2.39. The SMILES string of the molecule is CN=C(NCCCc1nc(C)no1)NCCC(F)(F)F.I. The van der Waals surface area contributed by atoms with Gasteiger partial charge >= 0.3 is 6.18 Å². The second kappa shape index (κ2) is 9.79. The molecule has 0 fully saturated rings. The highest BCUT2D eigenvalue weighted by molar-refractivity contribution is 14.0. The van der Waals surface area contributed by atoms with Gasteiger partial charge in [0.15, 0.2) is 11.8 Å². The molecular weight excluding hydrogens is 402 g/mol. The van der Waals surface area contributed by atoms with Crippen molar-refractivity contribution in [2.75, 3.05) is 20.1 Å². The van der Waals surface area contributed by atoms with Gasteiger partial charge in [0.05, 0.1) is 6.42 Å². The molecular formula is C11H19F3IN5O. The predicted octanol–water partition coefficient (Wildman–Crippen LogP) is 2.05. The monoisotopic (exact) mass is 421 g/mol. The van der Waals surface area contributed by atoms with E-state index in [4.69, 9.17) is 4.52 Å². The zero-order valence-corrected chi connectivity index (χ0v) is 14.2. The zero-order valence-electron chi connectivity index (χ0n) is 11.8. The molecule has 0 saturated carbocycles. The summed E-state index contributed by atoms with van der Waals surface area (Å²) in [6, 6.07) is 0. The largest absolute Gasteiger partial charge is 0.390 e. The van der Waals surface area contributed by atoms with Gasteiger partial charge in [0.2, 0.25) is 5.89 Å². The summed E-state index contributed by atoms with van der Waals surface area (Å²) in [4.78, 5) is 7.88. The van der Waals surface area contributed by atoms with Crippen LogP contribution in [-0.4, -0.2) is 42.4 Å². The minimum atomic E-state index is -4.17. The summed E-state index contributed by atoms with van der Waals surface area (Å²) in [6.07, 6.45) is -3.74. The maximum Gasteiger partial charge on any atom is 0.390 e. The van der Waals surface area contributed by atoms with E-state index in [-0.39, 0.29) is 30.5 Å². The molecule has 0 amide bonds. The highest BCUT2D eigenvalue weighted by atomic mass is 127. The zero-order chi connectivity index (χ0) is 15.0. The van der Waals surface area contributed by atoms with E-state index in [1.807, 2.05) is 0 Å². The van der Waals surface area contributed by atoms with E-state index in [0.29, 0.717) is 37.1 Å². The Kier molecular flexibility index (Phi) is 9.29. The Bertz CT molecular complexity index is 436. The van der Waals surface area contributed by atoms with Crippen molar-refractivity contribution in [1.29, 1.82) is 0 Å². The summed E-state index contributed by atoms with van der Waals surface area (Å²) in [5, 5.41) is 9.17. The molecule has 10 heteroatoms. The van der Waals surface area contributed by atoms with Crippen LogP contribution in [-0.2, 0) is 6.42 Å². The van der Waals surface area contributed by atoms with E-state index in [1.165, 1.54) is 7.05 Å². The van der Waals surface area contributed by atoms with Crippen LogP contribution in [0.15, 0.2) is 9.52 Å². The molecule has 0 bridgehead atoms. The number of guanidine groups is 1. The molecule has 6 nitrogen and oxygen atoms in total. The summed E-state index contributed by atoms with van der Waals surface area (Å²) < 4.78 is 40.9. The highest BCUT2D eigenvalue weighted by Crippen LogP contribution is 2.17. The lowest BCUT2D eigenvalue weighted by molar-refractivity contribution is -0.132. The van der Waals surface area contributed by atoms with Crippen molar-refractivity contribution in [3.8, 4) is 0 Å². The highest BCUT2D eigenvalue weighted by Gasteiger charge is 2.26. The van der Waals surface area contributed by atoms with Crippen molar-refractivity contribution in [2.24, 2.45) is 4.99 Å². The minimum absolute atomic E-state index is 0. The molecule has 0 radical (unpaired) electrons. The molecule has 0 saturated heterocycles. The normalized spacial score (nSPS) is 12.0. The Morgan fingerprint density at radius 1 is 1.29 bits per heavy atom. The van der Waals surface area contributed by atoms with E-state index in [2.05, 4.69) is 25.8 Å². The van der Waals surface area contributed by atoms with E-state index in [0.717, 1.165) is 0 Å². The van der Waals surface area contributed by atoms with Crippen molar-refractivity contribution >= 4 is 29.9 Å². The van der Waals surface area contributed by atoms with Gasteiger partial charge < -0.3 is 15.2 Å². The molecule has 0 unspecified atom stereocenters. The fourth-order valence-electron chi connectivity index (χ4n) is 1.43. The fraction of sp³-hybridized carbons (Fsp3) is 0.727. The average Bonchev–Trinajstić information content (AvgIpc) is 2.76. The van der Waals surface area contributed by atoms with Gasteiger partial charge in [-0.3, -0.25) is 4.99 Å². The lowest BCUT2D eigenvalue weighted by atomic mass is 10.3. The van der Waals surface area contributed by atoms with Crippen molar-refractivity contribution < 1.29 is 17.7 Å². The van der Waals surface area contributed by atoms with Crippen molar-refractivity contribution in [3.05, 3.63) is 11.7 Å². The summed E-state index contributed by atoms with van der Waals surface area (Å²) >= 11 is 0. The Balaban J connectivity index is 0.00000400. The summed E-state index contributed by atoms with van der Waals surface area (Å²) in [5.74, 6) is 1.47. The third kappa shape index (κ3) is 9.47. The molecule has 0 aliphatic carbocycles. The molecule has 0 spiro atoms. The van der Waals surface area contributed by atoms with Crippen LogP contribution in [0.3, 0.4) is 0 Å². The minimum Gasteiger partial charge on any atom is -0.356 e. The second-order valence-electron chi connectivity index (χ2n) is 4.13. The van der Waals surface area contributed by atoms with Crippen LogP contribution in [0.4, 0.5) is 13.2 Å². The molecule has 21 heavy (non-hydrogen) atoms. The lowest BCUT2D eigenvalue weighted by Gasteiger charge is -2.12. The molecule has 1 heterocycles. The Morgan fingerprint density at radius 2 is 1.95 bits per heavy atom. The first-order valence-electron chi connectivity index (χ1n) is 6.21. The topological polar surface area (TPSA) is 75.3 Å². The van der Waals surface area contributed by atoms with E-state index >= 15 is 0 Å². The van der Waals surface area contributed by atoms with Gasteiger partial charge in [-0.1, -0.05) is 5.16 Å². The number of alkyl halides is 3. The van der Waals surface area contributed by atoms with Crippen molar-refractivity contribution in [1.82, 2.24) is 20.8 Å². The number of aliphatic imine (C=N–C) groups is 1. The molecule has 2 N–H and O–H groups in total. The fourth-order valence-corrected chi connectivity index (χ4v) is 1.43. The standard InChI is InChI=1S/C11H18F3N5O.HI/c1-8-18-9(20-19-8)4-3-6-16-10(15-2)17-7-5-11(12,13)14;/h3-7H2,1-2H3,(H2,15,16,17);1H. The average molecular weight is 421 g/mol. The molecule has 0 aliphatic rings. The van der Waals surface area contributed by atoms with Gasteiger partial charge in [0.1, 0.15) is 0 Å². The summed E-state index contributed by atoms with van der Waals surface area (Å²) in [7, 11) is 1.50. The molecule has 0 atom stereocenters. The Labute approximate surface area is 138 Å². The van der Waals surface area contributed by atoms with Crippen LogP contribution >= 0.6 is 24.0 Å². The van der Waals surface area contributed by atoms with E-state index < -0.39 is 12.6 Å². The molecule has 122 valence electrons. The van der Waals surface area contributed by atoms with Crippen LogP contribution in [0.25, 0.3) is 0 Å². The Morgan fingerprint density at radius 3 is 2.48 bits per heavy atom. The third-order valence-corrected chi connectivity index (χ3v) is 2.35. The van der Waals surface area contributed by atoms with Gasteiger partial charge in [0, 0.05) is 26.6 Å². The molecule has 0 aliphatic heterocycles. The van der Waals surface area contributed by atoms with Gasteiger partial charge in [-0.05, 0) is 13.3 Å². The van der Waals surface area contributed by atoms with Gasteiger partial charge in [-0.2, -0.15) is 18.2 Å². The first kappa shape index (κ1) is 19.9. The first-order chi connectivity index (χ1) is 9.40. The number of nitrogens with one attached hydrogen (secondary N) is 2. The number of aryl methyl sites for hydroxylation is 2. The van der Waals surface area contributed by atoms with E-state index in [1.54, 1.807) is 6.92 Å². The summed E-state index contributed by atoms with van der Waals surface area (Å²) in [5.41, 5.74) is 0. The Hall–Kier alpha value is -1.07. The van der Waals surface area contributed by atoms with Crippen LogP contribution in [0.1, 0.15) is 24.6 Å². The quantitative estimate of drug-likeness (QED) is 0.318. The van der Waals surface area contributed by atoms with Crippen molar-refractivity contribution in [2.45, 2.75) is 32.4 Å². The number of hydrogen-bond donors (Lipinski definition) is 2. The van der Waals surface area contributed by atoms with E-state index in [9.17, 15) is 13.2 Å². The number of aromatic nitrogens is 2. The van der Waals surface area contributed by atoms with Crippen LogP contribution in [0.5, 0.6) is 0 Å². The molecule has 0 aromatic carbocycles. The predicted molar refractivity (Wildman–Crippen MR) is 82.8 cm³/mol. The number of hydrogen-bond acceptors (Lipinski definition) is 4.